The lowest BCUT2D eigenvalue weighted by molar-refractivity contribution is 0.299. The van der Waals surface area contributed by atoms with Gasteiger partial charge in [-0.25, -0.2) is 0 Å². The Morgan fingerprint density at radius 1 is 0.359 bits per heavy atom. The zero-order chi connectivity index (χ0) is 46.5. The van der Waals surface area contributed by atoms with Crippen LogP contribution in [0.5, 0.6) is 23.0 Å². The molecule has 4 nitrogen and oxygen atoms in total. The second-order valence-electron chi connectivity index (χ2n) is 22.8. The molecule has 6 aromatic rings. The van der Waals surface area contributed by atoms with Gasteiger partial charge in [0.15, 0.2) is 0 Å². The molecule has 336 valence electrons. The van der Waals surface area contributed by atoms with Crippen LogP contribution in [0.4, 0.5) is 0 Å². The van der Waals surface area contributed by atoms with Crippen molar-refractivity contribution in [2.75, 3.05) is 0 Å². The highest BCUT2D eigenvalue weighted by Gasteiger charge is 2.28. The number of phenols is 2. The van der Waals surface area contributed by atoms with Crippen LogP contribution in [0.15, 0.2) is 97.1 Å². The monoisotopic (exact) mass is 857 g/mol. The van der Waals surface area contributed by atoms with E-state index in [1.54, 1.807) is 0 Å². The van der Waals surface area contributed by atoms with Gasteiger partial charge in [-0.2, -0.15) is 0 Å². The molecule has 0 heterocycles. The van der Waals surface area contributed by atoms with Gasteiger partial charge in [0.1, 0.15) is 36.2 Å². The van der Waals surface area contributed by atoms with E-state index in [9.17, 15) is 10.2 Å². The summed E-state index contributed by atoms with van der Waals surface area (Å²) in [5.41, 5.74) is 16.0. The van der Waals surface area contributed by atoms with Gasteiger partial charge in [-0.3, -0.25) is 0 Å². The summed E-state index contributed by atoms with van der Waals surface area (Å²) in [6.07, 6.45) is 1.86. The second kappa shape index (κ2) is 17.5. The minimum Gasteiger partial charge on any atom is -0.507 e. The third kappa shape index (κ3) is 10.5. The van der Waals surface area contributed by atoms with Crippen molar-refractivity contribution >= 4 is 0 Å². The smallest absolute Gasteiger partial charge is 0.126 e. The summed E-state index contributed by atoms with van der Waals surface area (Å²) in [4.78, 5) is 0. The van der Waals surface area contributed by atoms with E-state index in [0.29, 0.717) is 50.4 Å². The first-order chi connectivity index (χ1) is 29.8. The zero-order valence-electron chi connectivity index (χ0n) is 41.2. The van der Waals surface area contributed by atoms with E-state index in [2.05, 4.69) is 194 Å². The van der Waals surface area contributed by atoms with E-state index in [1.165, 1.54) is 22.3 Å². The van der Waals surface area contributed by atoms with Crippen LogP contribution in [0.3, 0.4) is 0 Å². The molecular formula is C60H72O4. The Labute approximate surface area is 384 Å². The minimum atomic E-state index is -0.185. The molecule has 0 unspecified atom stereocenters. The molecule has 7 rings (SSSR count). The first-order valence-electron chi connectivity index (χ1n) is 23.2. The average molecular weight is 857 g/mol. The standard InChI is InChI=1S/C60H72O4/c1-37-15-19-39(20-16-37)35-63-55-45-23-41-27-49(57(3,4)5)29-43(53(41)61)25-47-33-52(60(12,13)14)34-48(56(47)64-36-40-21-17-38(2)18-22-40)26-44-30-50(58(6,7)8)28-42(54(44)62)24-46(55)32-51(31-45)59(9,10)11/h15-22,27-34,61-62H,23-26,35-36H2,1-14H3. The maximum absolute atomic E-state index is 12.7. The molecule has 0 atom stereocenters. The third-order valence-corrected chi connectivity index (χ3v) is 13.0. The van der Waals surface area contributed by atoms with Crippen LogP contribution in [0, 0.1) is 13.8 Å². The van der Waals surface area contributed by atoms with Crippen LogP contribution in [-0.2, 0) is 60.6 Å². The lowest BCUT2D eigenvalue weighted by Gasteiger charge is -2.28. The molecule has 1 aliphatic rings. The molecule has 0 fully saturated rings. The molecule has 0 aromatic heterocycles. The van der Waals surface area contributed by atoms with Crippen molar-refractivity contribution in [3.8, 4) is 23.0 Å². The number of fused-ring (bicyclic) bond motifs is 8. The number of aryl methyl sites for hydroxylation is 2. The van der Waals surface area contributed by atoms with Gasteiger partial charge in [-0.05, 0) is 113 Å². The topological polar surface area (TPSA) is 58.9 Å². The van der Waals surface area contributed by atoms with Crippen molar-refractivity contribution in [2.24, 2.45) is 0 Å². The Bertz CT molecular complexity index is 2370. The Balaban J connectivity index is 1.54. The highest BCUT2D eigenvalue weighted by molar-refractivity contribution is 5.59. The number of hydrogen-bond acceptors (Lipinski definition) is 4. The van der Waals surface area contributed by atoms with E-state index in [-0.39, 0.29) is 21.7 Å². The van der Waals surface area contributed by atoms with E-state index in [4.69, 9.17) is 9.47 Å². The van der Waals surface area contributed by atoms with Crippen LogP contribution in [0.2, 0.25) is 0 Å². The van der Waals surface area contributed by atoms with Gasteiger partial charge in [0.2, 0.25) is 0 Å². The molecule has 0 radical (unpaired) electrons. The number of hydrogen-bond donors (Lipinski definition) is 2. The van der Waals surface area contributed by atoms with Crippen molar-refractivity contribution < 1.29 is 19.7 Å². The number of aromatic hydroxyl groups is 2. The minimum absolute atomic E-state index is 0.177. The summed E-state index contributed by atoms with van der Waals surface area (Å²) in [5, 5.41) is 25.3. The molecule has 2 N–H and O–H groups in total. The van der Waals surface area contributed by atoms with Crippen LogP contribution in [0.1, 0.15) is 172 Å². The lowest BCUT2D eigenvalue weighted by Crippen LogP contribution is -2.16. The summed E-state index contributed by atoms with van der Waals surface area (Å²) in [7, 11) is 0. The summed E-state index contributed by atoms with van der Waals surface area (Å²) < 4.78 is 14.0. The lowest BCUT2D eigenvalue weighted by atomic mass is 9.79. The highest BCUT2D eigenvalue weighted by atomic mass is 16.5. The number of benzene rings is 6. The summed E-state index contributed by atoms with van der Waals surface area (Å²) >= 11 is 0. The fraction of sp³-hybridized carbons (Fsp3) is 0.400. The normalized spacial score (nSPS) is 13.5. The van der Waals surface area contributed by atoms with Crippen LogP contribution in [0.25, 0.3) is 0 Å². The predicted molar refractivity (Wildman–Crippen MR) is 266 cm³/mol. The molecule has 0 saturated carbocycles. The van der Waals surface area contributed by atoms with Gasteiger partial charge in [0.25, 0.3) is 0 Å². The molecule has 6 aromatic carbocycles. The van der Waals surface area contributed by atoms with Crippen LogP contribution >= 0.6 is 0 Å². The van der Waals surface area contributed by atoms with Gasteiger partial charge in [0, 0.05) is 25.7 Å². The fourth-order valence-electron chi connectivity index (χ4n) is 8.70. The molecule has 0 amide bonds. The quantitative estimate of drug-likeness (QED) is 0.175. The molecule has 64 heavy (non-hydrogen) atoms. The van der Waals surface area contributed by atoms with E-state index in [1.807, 2.05) is 0 Å². The van der Waals surface area contributed by atoms with Gasteiger partial charge >= 0.3 is 0 Å². The van der Waals surface area contributed by atoms with Crippen LogP contribution in [-0.4, -0.2) is 10.2 Å². The molecule has 0 saturated heterocycles. The molecule has 4 heteroatoms. The first-order valence-corrected chi connectivity index (χ1v) is 23.2. The van der Waals surface area contributed by atoms with E-state index >= 15 is 0 Å². The second-order valence-corrected chi connectivity index (χ2v) is 22.8. The van der Waals surface area contributed by atoms with Crippen molar-refractivity contribution in [3.05, 3.63) is 186 Å². The zero-order valence-corrected chi connectivity index (χ0v) is 41.2. The first kappa shape index (κ1) is 46.5. The van der Waals surface area contributed by atoms with Gasteiger partial charge in [-0.1, -0.05) is 191 Å². The summed E-state index contributed by atoms with van der Waals surface area (Å²) in [5.74, 6) is 2.21. The van der Waals surface area contributed by atoms with Crippen molar-refractivity contribution in [2.45, 2.75) is 157 Å². The van der Waals surface area contributed by atoms with Gasteiger partial charge < -0.3 is 19.7 Å². The van der Waals surface area contributed by atoms with Crippen molar-refractivity contribution in [1.29, 1.82) is 0 Å². The molecule has 0 spiro atoms. The average Bonchev–Trinajstić information content (AvgIpc) is 3.19. The van der Waals surface area contributed by atoms with E-state index < -0.39 is 0 Å². The molecule has 1 aliphatic carbocycles. The molecular weight excluding hydrogens is 785 g/mol. The maximum Gasteiger partial charge on any atom is 0.126 e. The molecule has 8 bridgehead atoms. The number of rotatable bonds is 6. The fourth-order valence-corrected chi connectivity index (χ4v) is 8.70. The van der Waals surface area contributed by atoms with Crippen molar-refractivity contribution in [1.82, 2.24) is 0 Å². The van der Waals surface area contributed by atoms with Crippen LogP contribution < -0.4 is 9.47 Å². The SMILES string of the molecule is Cc1ccc(COc2c3cc(C(C)(C)C)cc2Cc2cc(C(C)(C)C)cc(c2O)Cc2cc(C(C)(C)C)cc(c2OCc2ccc(C)cc2)Cc2cc(C(C)(C)C)cc(c2O)C3)cc1. The largest absolute Gasteiger partial charge is 0.507 e. The summed E-state index contributed by atoms with van der Waals surface area (Å²) in [6.45, 7) is 31.9. The third-order valence-electron chi connectivity index (χ3n) is 13.0. The Kier molecular flexibility index (Phi) is 12.7. The van der Waals surface area contributed by atoms with E-state index in [0.717, 1.165) is 78.3 Å². The Morgan fingerprint density at radius 2 is 0.578 bits per heavy atom. The van der Waals surface area contributed by atoms with Crippen molar-refractivity contribution in [3.63, 3.8) is 0 Å². The number of phenolic OH excluding ortho intramolecular Hbond substituents is 2. The predicted octanol–water partition coefficient (Wildman–Crippen LogP) is 14.7. The Hall–Kier alpha value is -5.48. The highest BCUT2D eigenvalue weighted by Crippen LogP contribution is 2.44. The summed E-state index contributed by atoms with van der Waals surface area (Å²) in [6, 6.07) is 35.0. The molecule has 0 aliphatic heterocycles. The maximum atomic E-state index is 12.7. The van der Waals surface area contributed by atoms with Gasteiger partial charge in [-0.15, -0.1) is 0 Å². The van der Waals surface area contributed by atoms with Gasteiger partial charge in [0.05, 0.1) is 0 Å². The Morgan fingerprint density at radius 3 is 0.797 bits per heavy atom. The number of ether oxygens (including phenoxy) is 2.